The first-order valence-corrected chi connectivity index (χ1v) is 9.23. The largest absolute Gasteiger partial charge is 0.497 e. The van der Waals surface area contributed by atoms with Crippen LogP contribution in [0, 0.1) is 0 Å². The highest BCUT2D eigenvalue weighted by atomic mass is 16.5. The molecule has 142 valence electrons. The highest BCUT2D eigenvalue weighted by Crippen LogP contribution is 2.23. The molecule has 3 rings (SSSR count). The van der Waals surface area contributed by atoms with E-state index in [4.69, 9.17) is 9.47 Å². The molecule has 1 atom stereocenters. The summed E-state index contributed by atoms with van der Waals surface area (Å²) in [6.45, 7) is 3.76. The second kappa shape index (κ2) is 9.24. The number of aromatic nitrogens is 2. The number of imidazole rings is 1. The number of hydrogen-bond donors (Lipinski definition) is 1. The van der Waals surface area contributed by atoms with Gasteiger partial charge >= 0.3 is 0 Å². The van der Waals surface area contributed by atoms with Gasteiger partial charge in [-0.1, -0.05) is 24.3 Å². The summed E-state index contributed by atoms with van der Waals surface area (Å²) in [7, 11) is 3.37. The van der Waals surface area contributed by atoms with E-state index >= 15 is 0 Å². The van der Waals surface area contributed by atoms with Gasteiger partial charge in [0.1, 0.15) is 17.3 Å². The van der Waals surface area contributed by atoms with E-state index < -0.39 is 0 Å². The minimum Gasteiger partial charge on any atom is -0.497 e. The van der Waals surface area contributed by atoms with Gasteiger partial charge in [-0.3, -0.25) is 0 Å². The van der Waals surface area contributed by atoms with Gasteiger partial charge in [-0.15, -0.1) is 0 Å². The predicted octanol–water partition coefficient (Wildman–Crippen LogP) is 3.99. The van der Waals surface area contributed by atoms with Crippen LogP contribution in [0.1, 0.15) is 29.9 Å². The van der Waals surface area contributed by atoms with E-state index in [0.717, 1.165) is 30.3 Å². The summed E-state index contributed by atoms with van der Waals surface area (Å²) in [6, 6.07) is 16.7. The van der Waals surface area contributed by atoms with Gasteiger partial charge < -0.3 is 19.4 Å². The second-order valence-corrected chi connectivity index (χ2v) is 6.39. The molecular weight excluding hydrogens is 338 g/mol. The molecule has 2 aromatic carbocycles. The molecule has 0 bridgehead atoms. The van der Waals surface area contributed by atoms with Crippen LogP contribution in [0.4, 0.5) is 0 Å². The zero-order chi connectivity index (χ0) is 19.1. The monoisotopic (exact) mass is 365 g/mol. The van der Waals surface area contributed by atoms with E-state index in [2.05, 4.69) is 46.1 Å². The Morgan fingerprint density at radius 1 is 0.963 bits per heavy atom. The van der Waals surface area contributed by atoms with Crippen LogP contribution < -0.4 is 14.8 Å². The molecule has 0 spiro atoms. The van der Waals surface area contributed by atoms with Crippen molar-refractivity contribution >= 4 is 0 Å². The topological polar surface area (TPSA) is 48.3 Å². The maximum Gasteiger partial charge on any atom is 0.122 e. The molecule has 27 heavy (non-hydrogen) atoms. The van der Waals surface area contributed by atoms with Crippen LogP contribution in [-0.2, 0) is 19.5 Å². The number of hydrogen-bond acceptors (Lipinski definition) is 4. The number of nitrogens with one attached hydrogen (secondary N) is 1. The third-order valence-electron chi connectivity index (χ3n) is 4.77. The number of rotatable bonds is 9. The van der Waals surface area contributed by atoms with Gasteiger partial charge in [-0.25, -0.2) is 4.98 Å². The average molecular weight is 365 g/mol. The zero-order valence-corrected chi connectivity index (χ0v) is 16.2. The molecule has 1 aromatic heterocycles. The summed E-state index contributed by atoms with van der Waals surface area (Å²) >= 11 is 0. The van der Waals surface area contributed by atoms with Gasteiger partial charge in [-0.05, 0) is 48.7 Å². The van der Waals surface area contributed by atoms with Crippen molar-refractivity contribution in [1.82, 2.24) is 14.9 Å². The van der Waals surface area contributed by atoms with Crippen molar-refractivity contribution in [1.29, 1.82) is 0 Å². The highest BCUT2D eigenvalue weighted by molar-refractivity contribution is 5.32. The van der Waals surface area contributed by atoms with Crippen LogP contribution in [-0.4, -0.2) is 23.8 Å². The van der Waals surface area contributed by atoms with Crippen LogP contribution >= 0.6 is 0 Å². The number of benzene rings is 2. The van der Waals surface area contributed by atoms with Gasteiger partial charge in [0.05, 0.1) is 20.8 Å². The molecule has 0 aliphatic carbocycles. The summed E-state index contributed by atoms with van der Waals surface area (Å²) in [5, 5.41) is 3.67. The Morgan fingerprint density at radius 3 is 2.19 bits per heavy atom. The van der Waals surface area contributed by atoms with E-state index in [0.29, 0.717) is 6.54 Å². The molecule has 5 nitrogen and oxygen atoms in total. The molecule has 0 saturated carbocycles. The second-order valence-electron chi connectivity index (χ2n) is 6.39. The van der Waals surface area contributed by atoms with Crippen molar-refractivity contribution < 1.29 is 9.47 Å². The molecule has 1 heterocycles. The lowest BCUT2D eigenvalue weighted by molar-refractivity contribution is 0.413. The van der Waals surface area contributed by atoms with Gasteiger partial charge in [0.25, 0.3) is 0 Å². The summed E-state index contributed by atoms with van der Waals surface area (Å²) in [5.74, 6) is 2.78. The van der Waals surface area contributed by atoms with Gasteiger partial charge in [0, 0.05) is 25.0 Å². The molecule has 0 fully saturated rings. The first-order valence-electron chi connectivity index (χ1n) is 9.23. The third kappa shape index (κ3) is 4.89. The van der Waals surface area contributed by atoms with Gasteiger partial charge in [0.15, 0.2) is 0 Å². The van der Waals surface area contributed by atoms with E-state index in [1.807, 2.05) is 36.7 Å². The van der Waals surface area contributed by atoms with Crippen LogP contribution in [0.5, 0.6) is 11.5 Å². The summed E-state index contributed by atoms with van der Waals surface area (Å²) < 4.78 is 12.7. The zero-order valence-electron chi connectivity index (χ0n) is 16.2. The molecular formula is C22H27N3O2. The van der Waals surface area contributed by atoms with E-state index in [1.54, 1.807) is 14.2 Å². The number of methoxy groups -OCH3 is 2. The van der Waals surface area contributed by atoms with Crippen LogP contribution in [0.3, 0.4) is 0 Å². The normalized spacial score (nSPS) is 12.0. The van der Waals surface area contributed by atoms with Crippen molar-refractivity contribution in [2.75, 3.05) is 14.2 Å². The molecule has 0 amide bonds. The third-order valence-corrected chi connectivity index (χ3v) is 4.77. The molecule has 0 aliphatic heterocycles. The number of nitrogens with zero attached hydrogens (tertiary/aromatic N) is 2. The molecule has 5 heteroatoms. The first-order chi connectivity index (χ1) is 13.2. The maximum atomic E-state index is 5.29. The summed E-state index contributed by atoms with van der Waals surface area (Å²) in [5.41, 5.74) is 2.48. The molecule has 0 aliphatic rings. The van der Waals surface area contributed by atoms with Crippen LogP contribution in [0.15, 0.2) is 60.9 Å². The van der Waals surface area contributed by atoms with Gasteiger partial charge in [-0.2, -0.15) is 0 Å². The van der Waals surface area contributed by atoms with Crippen molar-refractivity contribution in [2.24, 2.45) is 0 Å². The van der Waals surface area contributed by atoms with Crippen molar-refractivity contribution in [2.45, 2.75) is 32.5 Å². The Bertz CT molecular complexity index is 826. The maximum absolute atomic E-state index is 5.29. The fourth-order valence-corrected chi connectivity index (χ4v) is 3.15. The Kier molecular flexibility index (Phi) is 6.49. The minimum absolute atomic E-state index is 0.173. The van der Waals surface area contributed by atoms with E-state index in [-0.39, 0.29) is 6.04 Å². The lowest BCUT2D eigenvalue weighted by Gasteiger charge is -2.20. The number of aryl methyl sites for hydroxylation is 1. The fraction of sp³-hybridized carbons (Fsp3) is 0.318. The Labute approximate surface area is 161 Å². The average Bonchev–Trinajstić information content (AvgIpc) is 3.19. The Morgan fingerprint density at radius 2 is 1.59 bits per heavy atom. The molecule has 0 saturated heterocycles. The molecule has 3 aromatic rings. The Hall–Kier alpha value is -2.79. The first kappa shape index (κ1) is 19.0. The van der Waals surface area contributed by atoms with Crippen molar-refractivity contribution in [3.63, 3.8) is 0 Å². The number of ether oxygens (including phenoxy) is 2. The smallest absolute Gasteiger partial charge is 0.122 e. The highest BCUT2D eigenvalue weighted by Gasteiger charge is 2.14. The lowest BCUT2D eigenvalue weighted by Crippen LogP contribution is -2.24. The van der Waals surface area contributed by atoms with Gasteiger partial charge in [0.2, 0.25) is 0 Å². The minimum atomic E-state index is 0.173. The van der Waals surface area contributed by atoms with Crippen LogP contribution in [0.25, 0.3) is 0 Å². The molecule has 0 radical (unpaired) electrons. The Balaban J connectivity index is 1.78. The summed E-state index contributed by atoms with van der Waals surface area (Å²) in [4.78, 5) is 4.47. The van der Waals surface area contributed by atoms with Crippen LogP contribution in [0.2, 0.25) is 0 Å². The van der Waals surface area contributed by atoms with Crippen molar-refractivity contribution in [3.05, 3.63) is 77.9 Å². The van der Waals surface area contributed by atoms with E-state index in [1.165, 1.54) is 11.1 Å². The summed E-state index contributed by atoms with van der Waals surface area (Å²) in [6.07, 6.45) is 4.75. The van der Waals surface area contributed by atoms with Crippen molar-refractivity contribution in [3.8, 4) is 11.5 Å². The molecule has 1 unspecified atom stereocenters. The van der Waals surface area contributed by atoms with E-state index in [9.17, 15) is 0 Å². The molecule has 1 N–H and O–H groups in total. The quantitative estimate of drug-likeness (QED) is 0.623. The standard InChI is InChI=1S/C22H27N3O2/c1-4-25-14-13-23-22(25)16-24-21(18-7-11-20(27-3)12-8-18)15-17-5-9-19(26-2)10-6-17/h5-14,21,24H,4,15-16H2,1-3H3. The fourth-order valence-electron chi connectivity index (χ4n) is 3.15. The lowest BCUT2D eigenvalue weighted by atomic mass is 9.98. The SMILES string of the molecule is CCn1ccnc1CNC(Cc1ccc(OC)cc1)c1ccc(OC)cc1. The predicted molar refractivity (Wildman–Crippen MR) is 107 cm³/mol.